The number of aryl methyl sites for hydroxylation is 2. The topological polar surface area (TPSA) is 64.7 Å². The summed E-state index contributed by atoms with van der Waals surface area (Å²) in [6, 6.07) is 7.45. The molecule has 6 heteroatoms. The number of hydrogen-bond donors (Lipinski definition) is 1. The summed E-state index contributed by atoms with van der Waals surface area (Å²) < 4.78 is 3.69. The molecule has 1 N–H and O–H groups in total. The SMILES string of the molecule is CC[C@@H](NC(=O)c1ccc(-c2nccn2C)cc1)c1cnn(C)c1. The van der Waals surface area contributed by atoms with Gasteiger partial charge in [0.05, 0.1) is 12.2 Å². The van der Waals surface area contributed by atoms with E-state index in [1.54, 1.807) is 17.1 Å². The Morgan fingerprint density at radius 3 is 2.54 bits per heavy atom. The molecule has 1 atom stereocenters. The first-order valence-corrected chi connectivity index (χ1v) is 7.95. The quantitative estimate of drug-likeness (QED) is 0.785. The molecular weight excluding hydrogens is 302 g/mol. The van der Waals surface area contributed by atoms with Crippen LogP contribution in [0.15, 0.2) is 49.1 Å². The van der Waals surface area contributed by atoms with Crippen LogP contribution in [0.4, 0.5) is 0 Å². The number of aromatic nitrogens is 4. The highest BCUT2D eigenvalue weighted by Crippen LogP contribution is 2.19. The van der Waals surface area contributed by atoms with Gasteiger partial charge < -0.3 is 9.88 Å². The van der Waals surface area contributed by atoms with Crippen molar-refractivity contribution in [2.45, 2.75) is 19.4 Å². The maximum Gasteiger partial charge on any atom is 0.251 e. The molecule has 0 fully saturated rings. The van der Waals surface area contributed by atoms with Gasteiger partial charge in [0.2, 0.25) is 0 Å². The number of benzene rings is 1. The summed E-state index contributed by atoms with van der Waals surface area (Å²) in [6.07, 6.45) is 8.19. The van der Waals surface area contributed by atoms with Crippen molar-refractivity contribution in [1.82, 2.24) is 24.6 Å². The predicted octanol–water partition coefficient (Wildman–Crippen LogP) is 2.70. The number of imidazole rings is 1. The van der Waals surface area contributed by atoms with Crippen molar-refractivity contribution in [1.29, 1.82) is 0 Å². The number of amides is 1. The van der Waals surface area contributed by atoms with Crippen LogP contribution in [-0.2, 0) is 14.1 Å². The van der Waals surface area contributed by atoms with E-state index in [1.165, 1.54) is 0 Å². The van der Waals surface area contributed by atoms with E-state index in [4.69, 9.17) is 0 Å². The van der Waals surface area contributed by atoms with E-state index in [1.807, 2.05) is 62.2 Å². The highest BCUT2D eigenvalue weighted by atomic mass is 16.1. The minimum atomic E-state index is -0.0860. The maximum absolute atomic E-state index is 12.5. The molecule has 6 nitrogen and oxygen atoms in total. The number of hydrogen-bond acceptors (Lipinski definition) is 3. The van der Waals surface area contributed by atoms with Crippen LogP contribution in [0.1, 0.15) is 35.3 Å². The molecule has 0 unspecified atom stereocenters. The van der Waals surface area contributed by atoms with Gasteiger partial charge in [-0.25, -0.2) is 4.98 Å². The fourth-order valence-corrected chi connectivity index (χ4v) is 2.70. The van der Waals surface area contributed by atoms with Crippen LogP contribution in [0.3, 0.4) is 0 Å². The van der Waals surface area contributed by atoms with Gasteiger partial charge >= 0.3 is 0 Å². The minimum absolute atomic E-state index is 0.0413. The van der Waals surface area contributed by atoms with Gasteiger partial charge in [0.1, 0.15) is 5.82 Å². The summed E-state index contributed by atoms with van der Waals surface area (Å²) in [7, 11) is 3.82. The Morgan fingerprint density at radius 1 is 1.25 bits per heavy atom. The molecule has 0 bridgehead atoms. The van der Waals surface area contributed by atoms with E-state index >= 15 is 0 Å². The fraction of sp³-hybridized carbons (Fsp3) is 0.278. The summed E-state index contributed by atoms with van der Waals surface area (Å²) in [5.41, 5.74) is 2.63. The van der Waals surface area contributed by atoms with Crippen LogP contribution < -0.4 is 5.32 Å². The zero-order chi connectivity index (χ0) is 17.1. The van der Waals surface area contributed by atoms with E-state index < -0.39 is 0 Å². The molecule has 0 saturated heterocycles. The van der Waals surface area contributed by atoms with Gasteiger partial charge in [-0.15, -0.1) is 0 Å². The summed E-state index contributed by atoms with van der Waals surface area (Å²) in [5.74, 6) is 0.792. The Morgan fingerprint density at radius 2 is 2.00 bits per heavy atom. The van der Waals surface area contributed by atoms with E-state index in [9.17, 15) is 4.79 Å². The average molecular weight is 323 g/mol. The first kappa shape index (κ1) is 16.0. The zero-order valence-corrected chi connectivity index (χ0v) is 14.1. The third-order valence-electron chi connectivity index (χ3n) is 4.07. The predicted molar refractivity (Wildman–Crippen MR) is 92.4 cm³/mol. The van der Waals surface area contributed by atoms with Gasteiger partial charge in [-0.05, 0) is 18.6 Å². The summed E-state index contributed by atoms with van der Waals surface area (Å²) >= 11 is 0. The molecule has 24 heavy (non-hydrogen) atoms. The maximum atomic E-state index is 12.5. The molecule has 124 valence electrons. The smallest absolute Gasteiger partial charge is 0.251 e. The van der Waals surface area contributed by atoms with E-state index in [0.29, 0.717) is 5.56 Å². The molecule has 0 aliphatic heterocycles. The van der Waals surface area contributed by atoms with Crippen LogP contribution in [0, 0.1) is 0 Å². The Kier molecular flexibility index (Phi) is 4.46. The third-order valence-corrected chi connectivity index (χ3v) is 4.07. The first-order chi connectivity index (χ1) is 11.6. The molecular formula is C18H21N5O. The Labute approximate surface area is 141 Å². The second-order valence-electron chi connectivity index (χ2n) is 5.82. The number of carbonyl (C=O) groups excluding carboxylic acids is 1. The van der Waals surface area contributed by atoms with Crippen LogP contribution >= 0.6 is 0 Å². The Hall–Kier alpha value is -2.89. The molecule has 0 spiro atoms. The van der Waals surface area contributed by atoms with Crippen molar-refractivity contribution in [3.63, 3.8) is 0 Å². The molecule has 3 aromatic rings. The van der Waals surface area contributed by atoms with Crippen LogP contribution in [0.2, 0.25) is 0 Å². The molecule has 3 rings (SSSR count). The van der Waals surface area contributed by atoms with Crippen molar-refractivity contribution < 1.29 is 4.79 Å². The first-order valence-electron chi connectivity index (χ1n) is 7.95. The van der Waals surface area contributed by atoms with Gasteiger partial charge in [-0.1, -0.05) is 19.1 Å². The van der Waals surface area contributed by atoms with Gasteiger partial charge in [-0.2, -0.15) is 5.10 Å². The lowest BCUT2D eigenvalue weighted by Gasteiger charge is -2.15. The van der Waals surface area contributed by atoms with Crippen molar-refractivity contribution >= 4 is 5.91 Å². The summed E-state index contributed by atoms with van der Waals surface area (Å²) in [5, 5.41) is 7.24. The molecule has 0 saturated carbocycles. The number of rotatable bonds is 5. The molecule has 1 amide bonds. The third kappa shape index (κ3) is 3.22. The molecule has 0 aliphatic carbocycles. The van der Waals surface area contributed by atoms with Crippen molar-refractivity contribution in [3.05, 3.63) is 60.2 Å². The number of nitrogens with zero attached hydrogens (tertiary/aromatic N) is 4. The van der Waals surface area contributed by atoms with E-state index in [0.717, 1.165) is 23.4 Å². The monoisotopic (exact) mass is 323 g/mol. The van der Waals surface area contributed by atoms with Crippen molar-refractivity contribution in [3.8, 4) is 11.4 Å². The van der Waals surface area contributed by atoms with E-state index in [2.05, 4.69) is 15.4 Å². The van der Waals surface area contributed by atoms with Crippen molar-refractivity contribution in [2.75, 3.05) is 0 Å². The van der Waals surface area contributed by atoms with Crippen LogP contribution in [0.5, 0.6) is 0 Å². The van der Waals surface area contributed by atoms with Crippen LogP contribution in [0.25, 0.3) is 11.4 Å². The molecule has 1 aromatic carbocycles. The van der Waals surface area contributed by atoms with Crippen molar-refractivity contribution in [2.24, 2.45) is 14.1 Å². The second-order valence-corrected chi connectivity index (χ2v) is 5.82. The zero-order valence-electron chi connectivity index (χ0n) is 14.1. The lowest BCUT2D eigenvalue weighted by Crippen LogP contribution is -2.27. The molecule has 0 radical (unpaired) electrons. The second kappa shape index (κ2) is 6.70. The lowest BCUT2D eigenvalue weighted by molar-refractivity contribution is 0.0935. The standard InChI is InChI=1S/C18H21N5O/c1-4-16(15-11-20-23(3)12-15)21-18(24)14-7-5-13(6-8-14)17-19-9-10-22(17)2/h5-12,16H,4H2,1-3H3,(H,21,24)/t16-/m1/s1. The largest absolute Gasteiger partial charge is 0.345 e. The highest BCUT2D eigenvalue weighted by molar-refractivity contribution is 5.94. The van der Waals surface area contributed by atoms with Gasteiger partial charge in [0, 0.05) is 49.4 Å². The molecule has 2 heterocycles. The highest BCUT2D eigenvalue weighted by Gasteiger charge is 2.15. The summed E-state index contributed by atoms with van der Waals surface area (Å²) in [4.78, 5) is 16.8. The minimum Gasteiger partial charge on any atom is -0.345 e. The number of nitrogens with one attached hydrogen (secondary N) is 1. The Bertz CT molecular complexity index is 831. The number of carbonyl (C=O) groups is 1. The summed E-state index contributed by atoms with van der Waals surface area (Å²) in [6.45, 7) is 2.04. The fourth-order valence-electron chi connectivity index (χ4n) is 2.70. The van der Waals surface area contributed by atoms with Gasteiger partial charge in [0.25, 0.3) is 5.91 Å². The van der Waals surface area contributed by atoms with Gasteiger partial charge in [0.15, 0.2) is 0 Å². The molecule has 0 aliphatic rings. The average Bonchev–Trinajstić information content (AvgIpc) is 3.21. The normalized spacial score (nSPS) is 12.1. The Balaban J connectivity index is 1.74. The van der Waals surface area contributed by atoms with Gasteiger partial charge in [-0.3, -0.25) is 9.48 Å². The van der Waals surface area contributed by atoms with E-state index in [-0.39, 0.29) is 11.9 Å². The molecule has 2 aromatic heterocycles. The lowest BCUT2D eigenvalue weighted by atomic mass is 10.1. The van der Waals surface area contributed by atoms with Crippen LogP contribution in [-0.4, -0.2) is 25.2 Å².